The van der Waals surface area contributed by atoms with Crippen molar-refractivity contribution < 1.29 is 47.6 Å². The van der Waals surface area contributed by atoms with Gasteiger partial charge >= 0.3 is 18.1 Å². The molecular weight excluding hydrogens is 463 g/mol. The number of unbranched alkanes of at least 4 members (excludes halogenated alkanes) is 1. The zero-order valence-corrected chi connectivity index (χ0v) is 18.2. The summed E-state index contributed by atoms with van der Waals surface area (Å²) in [6.45, 7) is 3.09. The molecule has 13 heteroatoms. The van der Waals surface area contributed by atoms with Crippen LogP contribution in [0.2, 0.25) is 0 Å². The maximum atomic E-state index is 12.0. The Bertz CT molecular complexity index is 718. The fraction of sp³-hybridized carbons (Fsp3) is 0.500. The first-order valence-corrected chi connectivity index (χ1v) is 11.5. The lowest BCUT2D eigenvalue weighted by Gasteiger charge is -2.09. The van der Waals surface area contributed by atoms with Crippen molar-refractivity contribution in [1.29, 1.82) is 0 Å². The van der Waals surface area contributed by atoms with Crippen molar-refractivity contribution in [2.45, 2.75) is 32.4 Å². The first kappa shape index (κ1) is 28.7. The molecular formula is C18H24F3NO7S2. The van der Waals surface area contributed by atoms with Crippen LogP contribution >= 0.6 is 21.6 Å². The predicted octanol–water partition coefficient (Wildman–Crippen LogP) is 3.79. The minimum atomic E-state index is -5.08. The quantitative estimate of drug-likeness (QED) is 0.257. The lowest BCUT2D eigenvalue weighted by molar-refractivity contribution is -0.192. The summed E-state index contributed by atoms with van der Waals surface area (Å²) >= 11 is 0. The number of rotatable bonds is 12. The number of benzene rings is 1. The van der Waals surface area contributed by atoms with Crippen molar-refractivity contribution in [3.63, 3.8) is 0 Å². The molecule has 0 atom stereocenters. The molecule has 0 fully saturated rings. The van der Waals surface area contributed by atoms with Gasteiger partial charge in [-0.25, -0.2) is 4.79 Å². The Kier molecular flexibility index (Phi) is 14.4. The van der Waals surface area contributed by atoms with Crippen molar-refractivity contribution >= 4 is 39.4 Å². The minimum absolute atomic E-state index is 0.106. The molecule has 0 aliphatic rings. The summed E-state index contributed by atoms with van der Waals surface area (Å²) in [6.07, 6.45) is -2.99. The van der Waals surface area contributed by atoms with Crippen molar-refractivity contribution in [2.75, 3.05) is 24.7 Å². The van der Waals surface area contributed by atoms with E-state index in [2.05, 4.69) is 12.2 Å². The van der Waals surface area contributed by atoms with E-state index in [1.807, 2.05) is 0 Å². The van der Waals surface area contributed by atoms with Crippen LogP contribution in [0.5, 0.6) is 11.5 Å². The monoisotopic (exact) mass is 487 g/mol. The Hall–Kier alpha value is -2.28. The number of aromatic hydroxyl groups is 1. The van der Waals surface area contributed by atoms with E-state index in [1.54, 1.807) is 12.1 Å². The lowest BCUT2D eigenvalue weighted by Crippen LogP contribution is -2.25. The molecule has 176 valence electrons. The molecule has 0 heterocycles. The summed E-state index contributed by atoms with van der Waals surface area (Å²) in [7, 11) is 2.97. The largest absolute Gasteiger partial charge is 0.507 e. The number of hydrogen-bond acceptors (Lipinski definition) is 7. The Morgan fingerprint density at radius 2 is 1.74 bits per heavy atom. The Balaban J connectivity index is 0.00000110. The van der Waals surface area contributed by atoms with E-state index in [1.165, 1.54) is 27.7 Å². The summed E-state index contributed by atoms with van der Waals surface area (Å²) in [5, 5.41) is 28.3. The normalized spacial score (nSPS) is 10.6. The molecule has 31 heavy (non-hydrogen) atoms. The predicted molar refractivity (Wildman–Crippen MR) is 112 cm³/mol. The number of carboxylic acids is 2. The van der Waals surface area contributed by atoms with E-state index in [9.17, 15) is 27.9 Å². The molecule has 1 aromatic carbocycles. The minimum Gasteiger partial charge on any atom is -0.507 e. The van der Waals surface area contributed by atoms with E-state index in [0.717, 1.165) is 12.8 Å². The topological polar surface area (TPSA) is 133 Å². The first-order chi connectivity index (χ1) is 14.5. The molecule has 0 bridgehead atoms. The molecule has 0 saturated carbocycles. The van der Waals surface area contributed by atoms with Crippen LogP contribution in [-0.2, 0) is 9.59 Å². The van der Waals surface area contributed by atoms with E-state index in [0.29, 0.717) is 30.4 Å². The maximum Gasteiger partial charge on any atom is 0.490 e. The van der Waals surface area contributed by atoms with Crippen LogP contribution in [0.1, 0.15) is 36.5 Å². The molecule has 1 amide bonds. The van der Waals surface area contributed by atoms with Gasteiger partial charge in [0.15, 0.2) is 0 Å². The first-order valence-electron chi connectivity index (χ1n) is 8.99. The zero-order valence-electron chi connectivity index (χ0n) is 16.6. The molecule has 0 aromatic heterocycles. The van der Waals surface area contributed by atoms with Crippen LogP contribution in [0.15, 0.2) is 18.2 Å². The smallest absolute Gasteiger partial charge is 0.490 e. The molecule has 8 nitrogen and oxygen atoms in total. The van der Waals surface area contributed by atoms with Crippen molar-refractivity contribution in [1.82, 2.24) is 5.32 Å². The third-order valence-corrected chi connectivity index (χ3v) is 5.58. The van der Waals surface area contributed by atoms with Crippen molar-refractivity contribution in [3.8, 4) is 11.5 Å². The van der Waals surface area contributed by atoms with Gasteiger partial charge in [0.25, 0.3) is 5.91 Å². The number of phenols is 1. The summed E-state index contributed by atoms with van der Waals surface area (Å²) < 4.78 is 37.2. The Labute approximate surface area is 184 Å². The third-order valence-electron chi connectivity index (χ3n) is 3.18. The molecule has 1 aromatic rings. The number of ether oxygens (including phenoxy) is 1. The highest BCUT2D eigenvalue weighted by Gasteiger charge is 2.38. The molecule has 0 aliphatic heterocycles. The molecule has 1 rings (SSSR count). The number of carbonyl (C=O) groups excluding carboxylic acids is 1. The zero-order chi connectivity index (χ0) is 23.9. The number of carboxylic acid groups (broad SMARTS) is 2. The van der Waals surface area contributed by atoms with Crippen molar-refractivity contribution in [2.24, 2.45) is 0 Å². The van der Waals surface area contributed by atoms with Gasteiger partial charge < -0.3 is 25.4 Å². The van der Waals surface area contributed by atoms with Gasteiger partial charge in [0.05, 0.1) is 18.6 Å². The summed E-state index contributed by atoms with van der Waals surface area (Å²) in [6, 6.07) is 4.66. The number of hydrogen-bond donors (Lipinski definition) is 4. The highest BCUT2D eigenvalue weighted by Crippen LogP contribution is 2.24. The number of amides is 1. The highest BCUT2D eigenvalue weighted by molar-refractivity contribution is 8.76. The van der Waals surface area contributed by atoms with Gasteiger partial charge in [-0.2, -0.15) is 13.2 Å². The second kappa shape index (κ2) is 15.5. The summed E-state index contributed by atoms with van der Waals surface area (Å²) in [4.78, 5) is 31.3. The maximum absolute atomic E-state index is 12.0. The second-order valence-electron chi connectivity index (χ2n) is 5.73. The second-order valence-corrected chi connectivity index (χ2v) is 8.43. The Morgan fingerprint density at radius 1 is 1.13 bits per heavy atom. The average Bonchev–Trinajstić information content (AvgIpc) is 2.67. The van der Waals surface area contributed by atoms with Gasteiger partial charge in [0.1, 0.15) is 11.5 Å². The van der Waals surface area contributed by atoms with Crippen molar-refractivity contribution in [3.05, 3.63) is 23.8 Å². The number of carbonyl (C=O) groups is 3. The number of halogens is 3. The standard InChI is InChI=1S/C16H23NO5S2.C2HF3O2/c1-2-3-8-22-12-4-5-13(14(18)11-12)16(21)17-7-10-24-23-9-6-15(19)20;3-2(4,5)1(6)7/h4-5,11,18H,2-3,6-10H2,1H3,(H,17,21)(H,19,20);(H,6,7). The van der Waals surface area contributed by atoms with E-state index >= 15 is 0 Å². The third kappa shape index (κ3) is 14.4. The van der Waals surface area contributed by atoms with Gasteiger partial charge in [-0.05, 0) is 18.6 Å². The highest BCUT2D eigenvalue weighted by atomic mass is 33.1. The van der Waals surface area contributed by atoms with E-state index in [-0.39, 0.29) is 23.6 Å². The fourth-order valence-electron chi connectivity index (χ4n) is 1.68. The fourth-order valence-corrected chi connectivity index (χ4v) is 3.56. The number of nitrogens with one attached hydrogen (secondary N) is 1. The summed E-state index contributed by atoms with van der Waals surface area (Å²) in [5.74, 6) is -2.28. The van der Waals surface area contributed by atoms with Gasteiger partial charge in [-0.1, -0.05) is 34.9 Å². The number of phenolic OH excluding ortho intramolecular Hbond substituents is 1. The number of aliphatic carboxylic acids is 2. The lowest BCUT2D eigenvalue weighted by atomic mass is 10.2. The number of alkyl halides is 3. The van der Waals surface area contributed by atoms with E-state index < -0.39 is 18.1 Å². The van der Waals surface area contributed by atoms with Crippen LogP contribution in [0, 0.1) is 0 Å². The van der Waals surface area contributed by atoms with Crippen LogP contribution in [0.3, 0.4) is 0 Å². The van der Waals surface area contributed by atoms with E-state index in [4.69, 9.17) is 19.7 Å². The average molecular weight is 488 g/mol. The van der Waals surface area contributed by atoms with Crippen LogP contribution < -0.4 is 10.1 Å². The summed E-state index contributed by atoms with van der Waals surface area (Å²) in [5.41, 5.74) is 0.210. The SMILES string of the molecule is CCCCOc1ccc(C(=O)NCCSSCCC(=O)O)c(O)c1.O=C(O)C(F)(F)F. The van der Waals surface area contributed by atoms with Crippen LogP contribution in [0.4, 0.5) is 13.2 Å². The molecule has 0 radical (unpaired) electrons. The van der Waals surface area contributed by atoms with Crippen LogP contribution in [0.25, 0.3) is 0 Å². The molecule has 0 saturated heterocycles. The van der Waals surface area contributed by atoms with Crippen LogP contribution in [-0.4, -0.2) is 64.0 Å². The Morgan fingerprint density at radius 3 is 2.26 bits per heavy atom. The molecule has 4 N–H and O–H groups in total. The van der Waals surface area contributed by atoms with Gasteiger partial charge in [0, 0.05) is 24.1 Å². The van der Waals surface area contributed by atoms with Gasteiger partial charge in [-0.15, -0.1) is 0 Å². The van der Waals surface area contributed by atoms with Gasteiger partial charge in [-0.3, -0.25) is 9.59 Å². The van der Waals surface area contributed by atoms with Gasteiger partial charge in [0.2, 0.25) is 0 Å². The molecule has 0 aliphatic carbocycles. The molecule has 0 unspecified atom stereocenters. The molecule has 0 spiro atoms.